The van der Waals surface area contributed by atoms with Crippen LogP contribution in [0, 0.1) is 0 Å². The molecule has 0 atom stereocenters. The Balaban J connectivity index is 2.75. The summed E-state index contributed by atoms with van der Waals surface area (Å²) in [5.41, 5.74) is 8.02. The van der Waals surface area contributed by atoms with Gasteiger partial charge in [0.25, 0.3) is 0 Å². The predicted octanol–water partition coefficient (Wildman–Crippen LogP) is 2.09. The van der Waals surface area contributed by atoms with Crippen molar-refractivity contribution < 1.29 is 0 Å². The largest absolute Gasteiger partial charge is 0.389 e. The smallest absolute Gasteiger partial charge is 0.104 e. The van der Waals surface area contributed by atoms with Gasteiger partial charge in [0, 0.05) is 25.2 Å². The van der Waals surface area contributed by atoms with Crippen LogP contribution in [-0.2, 0) is 6.54 Å². The van der Waals surface area contributed by atoms with Crippen molar-refractivity contribution in [2.45, 2.75) is 19.9 Å². The van der Waals surface area contributed by atoms with E-state index in [0.717, 1.165) is 38.2 Å². The Kier molecular flexibility index (Phi) is 6.99. The van der Waals surface area contributed by atoms with Crippen LogP contribution in [0.3, 0.4) is 0 Å². The molecule has 0 amide bonds. The molecule has 106 valence electrons. The van der Waals surface area contributed by atoms with Crippen molar-refractivity contribution in [2.75, 3.05) is 33.7 Å². The molecule has 1 aromatic rings. The van der Waals surface area contributed by atoms with E-state index in [0.29, 0.717) is 4.99 Å². The Labute approximate surface area is 122 Å². The highest BCUT2D eigenvalue weighted by molar-refractivity contribution is 7.80. The Morgan fingerprint density at radius 3 is 2.42 bits per heavy atom. The number of nitrogens with zero attached hydrogens (tertiary/aromatic N) is 2. The van der Waals surface area contributed by atoms with Gasteiger partial charge in [0.15, 0.2) is 0 Å². The molecule has 19 heavy (non-hydrogen) atoms. The van der Waals surface area contributed by atoms with E-state index >= 15 is 0 Å². The molecule has 0 aliphatic carbocycles. The first kappa shape index (κ1) is 16.1. The summed E-state index contributed by atoms with van der Waals surface area (Å²) >= 11 is 5.12. The van der Waals surface area contributed by atoms with Crippen LogP contribution in [0.2, 0.25) is 0 Å². The molecule has 0 heterocycles. The van der Waals surface area contributed by atoms with Crippen molar-refractivity contribution in [1.29, 1.82) is 0 Å². The minimum Gasteiger partial charge on any atom is -0.389 e. The molecule has 0 saturated carbocycles. The number of rotatable bonds is 8. The summed E-state index contributed by atoms with van der Waals surface area (Å²) in [5.74, 6) is 0. The Hall–Kier alpha value is -0.970. The number of benzene rings is 1. The van der Waals surface area contributed by atoms with E-state index in [-0.39, 0.29) is 0 Å². The second kappa shape index (κ2) is 8.25. The third kappa shape index (κ3) is 5.68. The molecular formula is C15H25N3S. The predicted molar refractivity (Wildman–Crippen MR) is 86.5 cm³/mol. The molecule has 0 radical (unpaired) electrons. The van der Waals surface area contributed by atoms with E-state index in [1.807, 2.05) is 18.2 Å². The van der Waals surface area contributed by atoms with E-state index in [2.05, 4.69) is 36.9 Å². The maximum atomic E-state index is 5.79. The van der Waals surface area contributed by atoms with Crippen molar-refractivity contribution >= 4 is 17.2 Å². The van der Waals surface area contributed by atoms with E-state index in [1.165, 1.54) is 5.56 Å². The second-order valence-corrected chi connectivity index (χ2v) is 5.54. The lowest BCUT2D eigenvalue weighted by Crippen LogP contribution is -2.32. The highest BCUT2D eigenvalue weighted by atomic mass is 32.1. The normalized spacial score (nSPS) is 11.2. The van der Waals surface area contributed by atoms with Gasteiger partial charge in [0.1, 0.15) is 4.99 Å². The fraction of sp³-hybridized carbons (Fsp3) is 0.533. The van der Waals surface area contributed by atoms with Crippen molar-refractivity contribution in [3.8, 4) is 0 Å². The number of hydrogen-bond donors (Lipinski definition) is 1. The maximum absolute atomic E-state index is 5.79. The molecule has 4 heteroatoms. The topological polar surface area (TPSA) is 32.5 Å². The number of hydrogen-bond acceptors (Lipinski definition) is 3. The summed E-state index contributed by atoms with van der Waals surface area (Å²) in [7, 11) is 4.21. The van der Waals surface area contributed by atoms with E-state index < -0.39 is 0 Å². The summed E-state index contributed by atoms with van der Waals surface area (Å²) in [6.07, 6.45) is 1.16. The van der Waals surface area contributed by atoms with Gasteiger partial charge in [-0.15, -0.1) is 0 Å². The third-order valence-corrected chi connectivity index (χ3v) is 3.30. The van der Waals surface area contributed by atoms with Crippen LogP contribution in [0.5, 0.6) is 0 Å². The van der Waals surface area contributed by atoms with Crippen molar-refractivity contribution in [1.82, 2.24) is 9.80 Å². The average molecular weight is 279 g/mol. The van der Waals surface area contributed by atoms with Crippen LogP contribution < -0.4 is 5.73 Å². The van der Waals surface area contributed by atoms with E-state index in [9.17, 15) is 0 Å². The monoisotopic (exact) mass is 279 g/mol. The van der Waals surface area contributed by atoms with Crippen molar-refractivity contribution in [2.24, 2.45) is 5.73 Å². The van der Waals surface area contributed by atoms with Gasteiger partial charge in [-0.05, 0) is 32.6 Å². The number of nitrogens with two attached hydrogens (primary N) is 1. The van der Waals surface area contributed by atoms with Gasteiger partial charge in [0.05, 0.1) is 0 Å². The van der Waals surface area contributed by atoms with Crippen molar-refractivity contribution in [3.05, 3.63) is 35.4 Å². The van der Waals surface area contributed by atoms with Gasteiger partial charge in [-0.2, -0.15) is 0 Å². The van der Waals surface area contributed by atoms with Crippen LogP contribution in [0.4, 0.5) is 0 Å². The van der Waals surface area contributed by atoms with Crippen LogP contribution in [0.15, 0.2) is 24.3 Å². The standard InChI is InChI=1S/C15H25N3S/c1-4-9-18(11-10-17(2)3)12-13-7-5-6-8-14(13)15(16)19/h5-8H,4,9-12H2,1-3H3,(H2,16,19). The third-order valence-electron chi connectivity index (χ3n) is 3.08. The number of likely N-dealkylation sites (N-methyl/N-ethyl adjacent to an activating group) is 1. The van der Waals surface area contributed by atoms with E-state index in [4.69, 9.17) is 18.0 Å². The van der Waals surface area contributed by atoms with Crippen LogP contribution >= 0.6 is 12.2 Å². The first-order valence-corrected chi connectivity index (χ1v) is 7.20. The van der Waals surface area contributed by atoms with Crippen LogP contribution in [0.1, 0.15) is 24.5 Å². The summed E-state index contributed by atoms with van der Waals surface area (Å²) in [4.78, 5) is 5.15. The molecule has 0 unspecified atom stereocenters. The molecule has 0 fully saturated rings. The molecule has 0 aliphatic heterocycles. The van der Waals surface area contributed by atoms with Gasteiger partial charge in [-0.3, -0.25) is 4.90 Å². The molecule has 0 spiro atoms. The Morgan fingerprint density at radius 1 is 1.16 bits per heavy atom. The van der Waals surface area contributed by atoms with Crippen LogP contribution in [-0.4, -0.2) is 48.5 Å². The first-order valence-electron chi connectivity index (χ1n) is 6.79. The minimum atomic E-state index is 0.486. The SMILES string of the molecule is CCCN(CCN(C)C)Cc1ccccc1C(N)=S. The molecule has 0 aromatic heterocycles. The zero-order valence-electron chi connectivity index (χ0n) is 12.2. The Morgan fingerprint density at radius 2 is 1.84 bits per heavy atom. The fourth-order valence-electron chi connectivity index (χ4n) is 2.07. The molecule has 0 saturated heterocycles. The molecular weight excluding hydrogens is 254 g/mol. The lowest BCUT2D eigenvalue weighted by Gasteiger charge is -2.24. The van der Waals surface area contributed by atoms with Crippen LogP contribution in [0.25, 0.3) is 0 Å². The summed E-state index contributed by atoms with van der Waals surface area (Å²) in [5, 5.41) is 0. The molecule has 0 aliphatic rings. The highest BCUT2D eigenvalue weighted by Crippen LogP contribution is 2.12. The first-order chi connectivity index (χ1) is 9.04. The molecule has 2 N–H and O–H groups in total. The van der Waals surface area contributed by atoms with Gasteiger partial charge in [-0.25, -0.2) is 0 Å². The molecule has 3 nitrogen and oxygen atoms in total. The van der Waals surface area contributed by atoms with E-state index in [1.54, 1.807) is 0 Å². The lowest BCUT2D eigenvalue weighted by atomic mass is 10.1. The maximum Gasteiger partial charge on any atom is 0.104 e. The lowest BCUT2D eigenvalue weighted by molar-refractivity contribution is 0.234. The fourth-order valence-corrected chi connectivity index (χ4v) is 2.27. The Bertz CT molecular complexity index is 404. The molecule has 1 rings (SSSR count). The summed E-state index contributed by atoms with van der Waals surface area (Å²) < 4.78 is 0. The zero-order valence-corrected chi connectivity index (χ0v) is 13.0. The van der Waals surface area contributed by atoms with Gasteiger partial charge >= 0.3 is 0 Å². The zero-order chi connectivity index (χ0) is 14.3. The molecule has 0 bridgehead atoms. The quantitative estimate of drug-likeness (QED) is 0.739. The minimum absolute atomic E-state index is 0.486. The number of thiocarbonyl (C=S) groups is 1. The average Bonchev–Trinajstić information content (AvgIpc) is 2.36. The highest BCUT2D eigenvalue weighted by Gasteiger charge is 2.10. The summed E-state index contributed by atoms with van der Waals surface area (Å²) in [6.45, 7) is 6.35. The van der Waals surface area contributed by atoms with Gasteiger partial charge < -0.3 is 10.6 Å². The van der Waals surface area contributed by atoms with Gasteiger partial charge in [-0.1, -0.05) is 43.4 Å². The summed E-state index contributed by atoms with van der Waals surface area (Å²) in [6, 6.07) is 8.16. The second-order valence-electron chi connectivity index (χ2n) is 5.10. The molecule has 1 aromatic carbocycles. The van der Waals surface area contributed by atoms with Crippen molar-refractivity contribution in [3.63, 3.8) is 0 Å². The van der Waals surface area contributed by atoms with Gasteiger partial charge in [0.2, 0.25) is 0 Å².